The van der Waals surface area contributed by atoms with Gasteiger partial charge in [0.05, 0.1) is 51.8 Å². The quantitative estimate of drug-likeness (QED) is 0.787. The Morgan fingerprint density at radius 1 is 1.00 bits per heavy atom. The Kier molecular flexibility index (Phi) is 8.03. The molecule has 1 atom stereocenters. The van der Waals surface area contributed by atoms with E-state index in [9.17, 15) is 4.79 Å². The molecule has 1 heterocycles. The lowest BCUT2D eigenvalue weighted by Crippen LogP contribution is -2.30. The number of aryl methyl sites for hydroxylation is 1. The molecule has 6 heteroatoms. The maximum absolute atomic E-state index is 12.0. The van der Waals surface area contributed by atoms with Crippen LogP contribution in [-0.4, -0.2) is 64.9 Å². The molecule has 0 bridgehead atoms. The van der Waals surface area contributed by atoms with Crippen LogP contribution in [0.25, 0.3) is 0 Å². The SMILES string of the molecule is Cc1ccc(C(=O)OCC2COCCOCCOCCO2)cc1. The summed E-state index contributed by atoms with van der Waals surface area (Å²) in [5.41, 5.74) is 1.63. The molecule has 0 spiro atoms. The lowest BCUT2D eigenvalue weighted by molar-refractivity contribution is -0.0831. The van der Waals surface area contributed by atoms with Crippen LogP contribution >= 0.6 is 0 Å². The first kappa shape index (κ1) is 17.9. The summed E-state index contributed by atoms with van der Waals surface area (Å²) in [5, 5.41) is 0. The first-order chi connectivity index (χ1) is 11.3. The zero-order valence-electron chi connectivity index (χ0n) is 13.5. The Labute approximate surface area is 136 Å². The average Bonchev–Trinajstić information content (AvgIpc) is 2.55. The van der Waals surface area contributed by atoms with Crippen LogP contribution in [0.2, 0.25) is 0 Å². The topological polar surface area (TPSA) is 63.2 Å². The molecule has 1 aliphatic rings. The van der Waals surface area contributed by atoms with E-state index in [1.807, 2.05) is 19.1 Å². The van der Waals surface area contributed by atoms with Gasteiger partial charge in [-0.25, -0.2) is 4.79 Å². The van der Waals surface area contributed by atoms with E-state index in [0.29, 0.717) is 51.8 Å². The van der Waals surface area contributed by atoms with Gasteiger partial charge in [-0.05, 0) is 19.1 Å². The summed E-state index contributed by atoms with van der Waals surface area (Å²) in [6, 6.07) is 7.26. The molecule has 0 N–H and O–H groups in total. The fourth-order valence-corrected chi connectivity index (χ4v) is 2.01. The molecule has 1 aromatic carbocycles. The summed E-state index contributed by atoms with van der Waals surface area (Å²) in [6.45, 7) is 5.46. The van der Waals surface area contributed by atoms with Gasteiger partial charge in [-0.1, -0.05) is 17.7 Å². The van der Waals surface area contributed by atoms with Crippen molar-refractivity contribution in [3.63, 3.8) is 0 Å². The zero-order chi connectivity index (χ0) is 16.3. The molecule has 1 aliphatic heterocycles. The molecule has 0 amide bonds. The number of benzene rings is 1. The van der Waals surface area contributed by atoms with Crippen molar-refractivity contribution < 1.29 is 28.5 Å². The lowest BCUT2D eigenvalue weighted by atomic mass is 10.1. The summed E-state index contributed by atoms with van der Waals surface area (Å²) in [5.74, 6) is -0.362. The van der Waals surface area contributed by atoms with Crippen molar-refractivity contribution in [2.45, 2.75) is 13.0 Å². The smallest absolute Gasteiger partial charge is 0.338 e. The second-order valence-corrected chi connectivity index (χ2v) is 5.26. The molecule has 0 radical (unpaired) electrons. The van der Waals surface area contributed by atoms with Crippen molar-refractivity contribution in [1.82, 2.24) is 0 Å². The highest BCUT2D eigenvalue weighted by atomic mass is 16.6. The van der Waals surface area contributed by atoms with Crippen molar-refractivity contribution in [2.75, 3.05) is 52.9 Å². The lowest BCUT2D eigenvalue weighted by Gasteiger charge is -2.19. The molecule has 0 saturated carbocycles. The number of hydrogen-bond donors (Lipinski definition) is 0. The predicted molar refractivity (Wildman–Crippen MR) is 83.7 cm³/mol. The summed E-state index contributed by atoms with van der Waals surface area (Å²) in [6.07, 6.45) is -0.313. The Morgan fingerprint density at radius 2 is 1.61 bits per heavy atom. The minimum atomic E-state index is -0.362. The molecule has 0 aromatic heterocycles. The Bertz CT molecular complexity index is 447. The predicted octanol–water partition coefficient (Wildman–Crippen LogP) is 1.60. The van der Waals surface area contributed by atoms with Gasteiger partial charge in [-0.3, -0.25) is 0 Å². The molecule has 0 aliphatic carbocycles. The van der Waals surface area contributed by atoms with Crippen molar-refractivity contribution >= 4 is 5.97 Å². The number of carbonyl (C=O) groups is 1. The van der Waals surface area contributed by atoms with Crippen molar-refractivity contribution in [3.8, 4) is 0 Å². The maximum atomic E-state index is 12.0. The molecule has 1 fully saturated rings. The van der Waals surface area contributed by atoms with Crippen molar-refractivity contribution in [2.24, 2.45) is 0 Å². The monoisotopic (exact) mass is 324 g/mol. The van der Waals surface area contributed by atoms with E-state index < -0.39 is 0 Å². The Hall–Kier alpha value is -1.47. The molecule has 1 saturated heterocycles. The molecule has 128 valence electrons. The summed E-state index contributed by atoms with van der Waals surface area (Å²) in [4.78, 5) is 12.0. The molecule has 6 nitrogen and oxygen atoms in total. The first-order valence-corrected chi connectivity index (χ1v) is 7.84. The van der Waals surface area contributed by atoms with E-state index in [2.05, 4.69) is 0 Å². The Morgan fingerprint density at radius 3 is 2.30 bits per heavy atom. The highest BCUT2D eigenvalue weighted by Crippen LogP contribution is 2.06. The summed E-state index contributed by atoms with van der Waals surface area (Å²) >= 11 is 0. The zero-order valence-corrected chi connectivity index (χ0v) is 13.5. The average molecular weight is 324 g/mol. The van der Waals surface area contributed by atoms with Gasteiger partial charge in [0.15, 0.2) is 0 Å². The third-order valence-electron chi connectivity index (χ3n) is 3.32. The van der Waals surface area contributed by atoms with Crippen LogP contribution in [-0.2, 0) is 23.7 Å². The summed E-state index contributed by atoms with van der Waals surface area (Å²) in [7, 11) is 0. The van der Waals surface area contributed by atoms with Gasteiger partial charge in [0, 0.05) is 0 Å². The first-order valence-electron chi connectivity index (χ1n) is 7.84. The van der Waals surface area contributed by atoms with Gasteiger partial charge >= 0.3 is 5.97 Å². The van der Waals surface area contributed by atoms with E-state index in [1.54, 1.807) is 12.1 Å². The second-order valence-electron chi connectivity index (χ2n) is 5.26. The number of hydrogen-bond acceptors (Lipinski definition) is 6. The van der Waals surface area contributed by atoms with Crippen LogP contribution in [0.15, 0.2) is 24.3 Å². The molecular formula is C17H24O6. The van der Waals surface area contributed by atoms with Crippen LogP contribution in [0, 0.1) is 6.92 Å². The maximum Gasteiger partial charge on any atom is 0.338 e. The van der Waals surface area contributed by atoms with Crippen LogP contribution in [0.4, 0.5) is 0 Å². The van der Waals surface area contributed by atoms with Gasteiger partial charge < -0.3 is 23.7 Å². The fourth-order valence-electron chi connectivity index (χ4n) is 2.01. The van der Waals surface area contributed by atoms with E-state index in [0.717, 1.165) is 5.56 Å². The molecular weight excluding hydrogens is 300 g/mol. The molecule has 23 heavy (non-hydrogen) atoms. The highest BCUT2D eigenvalue weighted by Gasteiger charge is 2.15. The Balaban J connectivity index is 1.78. The van der Waals surface area contributed by atoms with Crippen LogP contribution in [0.5, 0.6) is 0 Å². The standard InChI is InChI=1S/C17H24O6/c1-14-2-4-15(5-3-14)17(18)23-13-16-12-21-9-8-19-6-7-20-10-11-22-16/h2-5,16H,6-13H2,1H3. The number of carbonyl (C=O) groups excluding carboxylic acids is 1. The normalized spacial score (nSPS) is 21.0. The number of ether oxygens (including phenoxy) is 5. The number of rotatable bonds is 3. The highest BCUT2D eigenvalue weighted by molar-refractivity contribution is 5.89. The van der Waals surface area contributed by atoms with Gasteiger partial charge in [0.1, 0.15) is 12.7 Å². The van der Waals surface area contributed by atoms with Gasteiger partial charge in [0.25, 0.3) is 0 Å². The summed E-state index contributed by atoms with van der Waals surface area (Å²) < 4.78 is 27.2. The largest absolute Gasteiger partial charge is 0.459 e. The van der Waals surface area contributed by atoms with E-state index in [1.165, 1.54) is 0 Å². The van der Waals surface area contributed by atoms with E-state index in [-0.39, 0.29) is 18.7 Å². The fraction of sp³-hybridized carbons (Fsp3) is 0.588. The van der Waals surface area contributed by atoms with Gasteiger partial charge in [-0.2, -0.15) is 0 Å². The third-order valence-corrected chi connectivity index (χ3v) is 3.32. The molecule has 1 aromatic rings. The third kappa shape index (κ3) is 7.09. The minimum Gasteiger partial charge on any atom is -0.459 e. The van der Waals surface area contributed by atoms with Gasteiger partial charge in [-0.15, -0.1) is 0 Å². The second kappa shape index (κ2) is 10.3. The van der Waals surface area contributed by atoms with E-state index in [4.69, 9.17) is 23.7 Å². The molecule has 2 rings (SSSR count). The van der Waals surface area contributed by atoms with Gasteiger partial charge in [0.2, 0.25) is 0 Å². The number of esters is 1. The minimum absolute atomic E-state index is 0.146. The van der Waals surface area contributed by atoms with Crippen molar-refractivity contribution in [3.05, 3.63) is 35.4 Å². The molecule has 1 unspecified atom stereocenters. The van der Waals surface area contributed by atoms with E-state index >= 15 is 0 Å². The van der Waals surface area contributed by atoms with Crippen LogP contribution in [0.3, 0.4) is 0 Å². The van der Waals surface area contributed by atoms with Crippen LogP contribution in [0.1, 0.15) is 15.9 Å². The van der Waals surface area contributed by atoms with Crippen LogP contribution < -0.4 is 0 Å². The van der Waals surface area contributed by atoms with Crippen molar-refractivity contribution in [1.29, 1.82) is 0 Å².